The third-order valence-electron chi connectivity index (χ3n) is 8.48. The summed E-state index contributed by atoms with van der Waals surface area (Å²) in [6.07, 6.45) is 0.0150. The van der Waals surface area contributed by atoms with Crippen LogP contribution in [-0.4, -0.2) is 71.2 Å². The van der Waals surface area contributed by atoms with Gasteiger partial charge < -0.3 is 20.7 Å². The van der Waals surface area contributed by atoms with E-state index in [9.17, 15) is 29.4 Å². The van der Waals surface area contributed by atoms with Gasteiger partial charge in [-0.15, -0.1) is 0 Å². The molecule has 4 N–H and O–H groups in total. The van der Waals surface area contributed by atoms with Gasteiger partial charge in [-0.05, 0) is 68.8 Å². The zero-order valence-corrected chi connectivity index (χ0v) is 21.9. The van der Waals surface area contributed by atoms with Crippen molar-refractivity contribution >= 4 is 23.3 Å². The molecular weight excluding hydrogens is 500 g/mol. The predicted molar refractivity (Wildman–Crippen MR) is 140 cm³/mol. The Morgan fingerprint density at radius 1 is 1.15 bits per heavy atom. The summed E-state index contributed by atoms with van der Waals surface area (Å²) in [5, 5.41) is 22.4. The van der Waals surface area contributed by atoms with Crippen LogP contribution in [0.3, 0.4) is 0 Å². The number of carbonyl (C=O) groups is 4. The lowest BCUT2D eigenvalue weighted by molar-refractivity contribution is -0.176. The second kappa shape index (κ2) is 9.63. The number of rotatable bonds is 3. The van der Waals surface area contributed by atoms with E-state index >= 15 is 0 Å². The van der Waals surface area contributed by atoms with Crippen LogP contribution in [0, 0.1) is 35.5 Å². The van der Waals surface area contributed by atoms with Crippen molar-refractivity contribution in [3.8, 4) is 23.3 Å². The molecule has 0 radical (unpaired) electrons. The number of amides is 1. The molecule has 6 atom stereocenters. The number of ether oxygens (including phenoxy) is 1. The van der Waals surface area contributed by atoms with Gasteiger partial charge in [-0.3, -0.25) is 24.1 Å². The average Bonchev–Trinajstić information content (AvgIpc) is 2.89. The Bertz CT molecular complexity index is 1470. The summed E-state index contributed by atoms with van der Waals surface area (Å²) < 4.78 is 5.25. The van der Waals surface area contributed by atoms with Gasteiger partial charge in [0.2, 0.25) is 5.91 Å². The molecule has 0 bridgehead atoms. The molecule has 6 unspecified atom stereocenters. The standard InChI is InChI=1S/C30H30N2O7/c1-32(2)25-21-13-17-12-19-16(8-7-15-5-4-6-18(11-15)39-3)9-10-22(33)24(19)27(35)23(17)28(36)30(21,38)14-20(26(25)34)29(31)37/h4-6,9-11,17,20-21,23,25,33,38H,12-14H2,1-3H3,(H2,31,37). The molecule has 202 valence electrons. The van der Waals surface area contributed by atoms with Crippen LogP contribution >= 0.6 is 0 Å². The number of carbonyl (C=O) groups excluding carboxylic acids is 4. The first kappa shape index (κ1) is 26.6. The van der Waals surface area contributed by atoms with Gasteiger partial charge in [-0.2, -0.15) is 0 Å². The van der Waals surface area contributed by atoms with Gasteiger partial charge >= 0.3 is 0 Å². The van der Waals surface area contributed by atoms with E-state index in [0.717, 1.165) is 0 Å². The van der Waals surface area contributed by atoms with Crippen LogP contribution in [-0.2, 0) is 20.8 Å². The molecule has 1 amide bonds. The van der Waals surface area contributed by atoms with E-state index in [1.807, 2.05) is 12.1 Å². The van der Waals surface area contributed by atoms with E-state index in [1.165, 1.54) is 6.07 Å². The molecule has 2 aromatic carbocycles. The summed E-state index contributed by atoms with van der Waals surface area (Å²) in [6.45, 7) is 0. The van der Waals surface area contributed by atoms with Crippen LogP contribution in [0.25, 0.3) is 0 Å². The van der Waals surface area contributed by atoms with Crippen LogP contribution in [0.5, 0.6) is 11.5 Å². The highest BCUT2D eigenvalue weighted by Gasteiger charge is 2.64. The van der Waals surface area contributed by atoms with Crippen LogP contribution in [0.15, 0.2) is 36.4 Å². The van der Waals surface area contributed by atoms with E-state index < -0.39 is 65.0 Å². The molecule has 0 saturated heterocycles. The molecular formula is C30H30N2O7. The van der Waals surface area contributed by atoms with E-state index in [0.29, 0.717) is 22.4 Å². The van der Waals surface area contributed by atoms with Gasteiger partial charge in [0.1, 0.15) is 23.0 Å². The average molecular weight is 531 g/mol. The van der Waals surface area contributed by atoms with Gasteiger partial charge in [0.15, 0.2) is 17.3 Å². The lowest BCUT2D eigenvalue weighted by atomic mass is 9.52. The molecule has 2 fully saturated rings. The van der Waals surface area contributed by atoms with Crippen LogP contribution in [0.2, 0.25) is 0 Å². The molecule has 5 rings (SSSR count). The normalized spacial score (nSPS) is 29.6. The zero-order chi connectivity index (χ0) is 28.2. The number of likely N-dealkylation sites (N-methyl/N-ethyl adjacent to an activating group) is 1. The van der Waals surface area contributed by atoms with Gasteiger partial charge in [0, 0.05) is 23.5 Å². The monoisotopic (exact) mass is 530 g/mol. The van der Waals surface area contributed by atoms with Crippen molar-refractivity contribution < 1.29 is 34.1 Å². The number of primary amides is 1. The maximum absolute atomic E-state index is 13.9. The minimum atomic E-state index is -2.07. The second-order valence-corrected chi connectivity index (χ2v) is 10.9. The Morgan fingerprint density at radius 2 is 1.90 bits per heavy atom. The lowest BCUT2D eigenvalue weighted by Crippen LogP contribution is -2.69. The van der Waals surface area contributed by atoms with E-state index in [4.69, 9.17) is 10.5 Å². The van der Waals surface area contributed by atoms with E-state index in [-0.39, 0.29) is 24.2 Å². The maximum Gasteiger partial charge on any atom is 0.228 e. The molecule has 9 nitrogen and oxygen atoms in total. The van der Waals surface area contributed by atoms with Gasteiger partial charge in [-0.25, -0.2) is 0 Å². The van der Waals surface area contributed by atoms with Crippen LogP contribution < -0.4 is 10.5 Å². The molecule has 3 aliphatic carbocycles. The van der Waals surface area contributed by atoms with Crippen molar-refractivity contribution in [1.82, 2.24) is 4.90 Å². The number of phenols is 1. The number of nitrogens with two attached hydrogens (primary N) is 1. The molecule has 2 aromatic rings. The second-order valence-electron chi connectivity index (χ2n) is 10.9. The summed E-state index contributed by atoms with van der Waals surface area (Å²) >= 11 is 0. The highest BCUT2D eigenvalue weighted by Crippen LogP contribution is 2.52. The Labute approximate surface area is 225 Å². The minimum Gasteiger partial charge on any atom is -0.507 e. The number of fused-ring (bicyclic) bond motifs is 3. The number of phenolic OH excluding ortho intramolecular Hbond substituents is 1. The first-order chi connectivity index (χ1) is 18.5. The number of hydrogen-bond acceptors (Lipinski definition) is 8. The molecule has 0 aromatic heterocycles. The molecule has 0 heterocycles. The fourth-order valence-electron chi connectivity index (χ4n) is 6.67. The Kier molecular flexibility index (Phi) is 6.57. The van der Waals surface area contributed by atoms with Crippen molar-refractivity contribution in [2.75, 3.05) is 21.2 Å². The fourth-order valence-corrected chi connectivity index (χ4v) is 6.67. The quantitative estimate of drug-likeness (QED) is 0.395. The zero-order valence-electron chi connectivity index (χ0n) is 21.9. The number of hydrogen-bond donors (Lipinski definition) is 3. The van der Waals surface area contributed by atoms with Crippen LogP contribution in [0.1, 0.15) is 39.9 Å². The van der Waals surface area contributed by atoms with Crippen molar-refractivity contribution in [2.45, 2.75) is 30.9 Å². The topological polar surface area (TPSA) is 147 Å². The lowest BCUT2D eigenvalue weighted by Gasteiger charge is -2.53. The number of aliphatic hydroxyl groups is 1. The third kappa shape index (κ3) is 4.20. The SMILES string of the molecule is COc1cccc(C#Cc2ccc(O)c3c2CC2CC4C(N(C)C)C(=O)C(C(N)=O)CC4(O)C(=O)C2C3=O)c1. The summed E-state index contributed by atoms with van der Waals surface area (Å²) in [4.78, 5) is 54.5. The molecule has 3 aliphatic rings. The smallest absolute Gasteiger partial charge is 0.228 e. The summed E-state index contributed by atoms with van der Waals surface area (Å²) in [5.74, 6) is 0.0189. The van der Waals surface area contributed by atoms with Crippen LogP contribution in [0.4, 0.5) is 0 Å². The number of Topliss-reactive ketones (excluding diaryl/α,β-unsaturated/α-hetero) is 3. The van der Waals surface area contributed by atoms with Gasteiger partial charge in [0.05, 0.1) is 24.6 Å². The molecule has 9 heteroatoms. The van der Waals surface area contributed by atoms with Crippen molar-refractivity contribution in [3.63, 3.8) is 0 Å². The fraction of sp³-hybridized carbons (Fsp3) is 0.400. The molecule has 0 spiro atoms. The molecule has 39 heavy (non-hydrogen) atoms. The maximum atomic E-state index is 13.9. The number of ketones is 3. The van der Waals surface area contributed by atoms with Crippen molar-refractivity contribution in [1.29, 1.82) is 0 Å². The van der Waals surface area contributed by atoms with Crippen molar-refractivity contribution in [2.24, 2.45) is 29.4 Å². The minimum absolute atomic E-state index is 0.0200. The molecule has 0 aliphatic heterocycles. The van der Waals surface area contributed by atoms with Gasteiger partial charge in [-0.1, -0.05) is 17.9 Å². The van der Waals surface area contributed by atoms with E-state index in [1.54, 1.807) is 44.3 Å². The largest absolute Gasteiger partial charge is 0.507 e. The highest BCUT2D eigenvalue weighted by molar-refractivity contribution is 6.17. The van der Waals surface area contributed by atoms with E-state index in [2.05, 4.69) is 11.8 Å². The van der Waals surface area contributed by atoms with Crippen molar-refractivity contribution in [3.05, 3.63) is 58.7 Å². The number of methoxy groups -OCH3 is 1. The Morgan fingerprint density at radius 3 is 2.56 bits per heavy atom. The Hall–Kier alpha value is -4.00. The number of aromatic hydroxyl groups is 1. The predicted octanol–water partition coefficient (Wildman–Crippen LogP) is 1.10. The number of benzene rings is 2. The summed E-state index contributed by atoms with van der Waals surface area (Å²) in [5.41, 5.74) is 5.20. The highest BCUT2D eigenvalue weighted by atomic mass is 16.5. The molecule has 2 saturated carbocycles. The number of nitrogens with zero attached hydrogens (tertiary/aromatic N) is 1. The van der Waals surface area contributed by atoms with Gasteiger partial charge in [0.25, 0.3) is 0 Å². The first-order valence-corrected chi connectivity index (χ1v) is 12.8. The summed E-state index contributed by atoms with van der Waals surface area (Å²) in [6, 6.07) is 9.32. The third-order valence-corrected chi connectivity index (χ3v) is 8.48. The Balaban J connectivity index is 1.57. The summed E-state index contributed by atoms with van der Waals surface area (Å²) in [7, 11) is 4.86. The first-order valence-electron chi connectivity index (χ1n) is 12.8.